The Morgan fingerprint density at radius 3 is 2.24 bits per heavy atom. The molecule has 11 nitrogen and oxygen atoms in total. The van der Waals surface area contributed by atoms with Crippen molar-refractivity contribution >= 4 is 17.8 Å². The third-order valence-electron chi connectivity index (χ3n) is 4.74. The first-order valence-electron chi connectivity index (χ1n) is 10.4. The Kier molecular flexibility index (Phi) is 9.70. The molecule has 0 amide bonds. The van der Waals surface area contributed by atoms with Gasteiger partial charge < -0.3 is 25.4 Å². The zero-order chi connectivity index (χ0) is 28.7. The van der Waals surface area contributed by atoms with Gasteiger partial charge in [-0.05, 0) is 43.1 Å². The molecule has 0 saturated carbocycles. The lowest BCUT2D eigenvalue weighted by atomic mass is 9.95. The van der Waals surface area contributed by atoms with Gasteiger partial charge in [0.05, 0.1) is 5.56 Å². The summed E-state index contributed by atoms with van der Waals surface area (Å²) in [5.41, 5.74) is 5.15. The highest BCUT2D eigenvalue weighted by Crippen LogP contribution is 2.31. The number of alkyl halides is 6. The van der Waals surface area contributed by atoms with Crippen LogP contribution < -0.4 is 10.6 Å². The minimum Gasteiger partial charge on any atom is -0.475 e. The average molecular weight is 550 g/mol. The summed E-state index contributed by atoms with van der Waals surface area (Å²) in [7, 11) is 1.82. The monoisotopic (exact) mass is 550 g/mol. The van der Waals surface area contributed by atoms with E-state index in [-0.39, 0.29) is 0 Å². The minimum atomic E-state index is -5.08. The number of carboxylic acids is 2. The van der Waals surface area contributed by atoms with Gasteiger partial charge in [-0.3, -0.25) is 4.98 Å². The second-order valence-corrected chi connectivity index (χ2v) is 7.33. The maximum atomic E-state index is 10.6. The maximum absolute atomic E-state index is 10.6. The first kappa shape index (κ1) is 29.9. The van der Waals surface area contributed by atoms with Gasteiger partial charge in [-0.2, -0.15) is 31.3 Å². The van der Waals surface area contributed by atoms with Gasteiger partial charge in [0.2, 0.25) is 5.82 Å². The third-order valence-corrected chi connectivity index (χ3v) is 4.74. The number of aromatic nitrogens is 4. The van der Waals surface area contributed by atoms with Crippen molar-refractivity contribution in [1.29, 1.82) is 0 Å². The molecule has 3 aromatic rings. The largest absolute Gasteiger partial charge is 0.490 e. The summed E-state index contributed by atoms with van der Waals surface area (Å²) in [5, 5.41) is 24.9. The van der Waals surface area contributed by atoms with Crippen LogP contribution in [-0.4, -0.2) is 68.2 Å². The van der Waals surface area contributed by atoms with E-state index in [1.165, 1.54) is 11.1 Å². The molecule has 0 fully saturated rings. The molecular weight excluding hydrogens is 530 g/mol. The molecule has 38 heavy (non-hydrogen) atoms. The molecule has 1 aliphatic rings. The summed E-state index contributed by atoms with van der Waals surface area (Å²) in [6.07, 6.45) is -5.57. The Hall–Kier alpha value is -4.28. The standard InChI is InChI=1S/C17H18N6O.2C2HF3O2/c1-10-14(12-5-7-19-8-11(12)9-21-10)16-22-17(24-23-16)13-4-3-6-20-15(13)18-2;2*3-2(4,5)1(6)7/h3-4,6,9,19H,5,7-8H2,1-2H3,(H,18,20);2*(H,6,7). The fourth-order valence-corrected chi connectivity index (χ4v) is 3.08. The number of fused-ring (bicyclic) bond motifs is 1. The van der Waals surface area contributed by atoms with E-state index in [1.807, 2.05) is 32.3 Å². The number of hydrogen-bond acceptors (Lipinski definition) is 9. The molecule has 0 aromatic carbocycles. The topological polar surface area (TPSA) is 163 Å². The normalized spacial score (nSPS) is 12.7. The lowest BCUT2D eigenvalue weighted by Gasteiger charge is -2.19. The van der Waals surface area contributed by atoms with Crippen LogP contribution in [0.2, 0.25) is 0 Å². The van der Waals surface area contributed by atoms with Crippen LogP contribution >= 0.6 is 0 Å². The molecule has 17 heteroatoms. The molecular formula is C21H20F6N6O5. The lowest BCUT2D eigenvalue weighted by Crippen LogP contribution is -2.24. The molecule has 0 atom stereocenters. The number of halogens is 6. The Bertz CT molecular complexity index is 1250. The van der Waals surface area contributed by atoms with E-state index < -0.39 is 24.3 Å². The second kappa shape index (κ2) is 12.3. The molecule has 4 heterocycles. The number of aliphatic carboxylic acids is 2. The Balaban J connectivity index is 0.000000301. The molecule has 0 bridgehead atoms. The third kappa shape index (κ3) is 7.86. The van der Waals surface area contributed by atoms with E-state index in [2.05, 4.69) is 30.7 Å². The average Bonchev–Trinajstić information content (AvgIpc) is 3.33. The molecule has 0 unspecified atom stereocenters. The first-order valence-corrected chi connectivity index (χ1v) is 10.4. The smallest absolute Gasteiger partial charge is 0.475 e. The zero-order valence-corrected chi connectivity index (χ0v) is 19.6. The highest BCUT2D eigenvalue weighted by atomic mass is 19.4. The van der Waals surface area contributed by atoms with Crippen LogP contribution in [0.25, 0.3) is 22.8 Å². The van der Waals surface area contributed by atoms with Gasteiger partial charge in [0.25, 0.3) is 5.89 Å². The highest BCUT2D eigenvalue weighted by molar-refractivity contribution is 5.73. The molecule has 1 aliphatic heterocycles. The molecule has 4 rings (SSSR count). The fraction of sp³-hybridized carbons (Fsp3) is 0.333. The number of carboxylic acid groups (broad SMARTS) is 2. The van der Waals surface area contributed by atoms with Crippen molar-refractivity contribution in [1.82, 2.24) is 25.4 Å². The molecule has 206 valence electrons. The van der Waals surface area contributed by atoms with Gasteiger partial charge in [0, 0.05) is 37.2 Å². The first-order chi connectivity index (χ1) is 17.7. The van der Waals surface area contributed by atoms with Gasteiger partial charge in [-0.1, -0.05) is 5.16 Å². The van der Waals surface area contributed by atoms with Crippen molar-refractivity contribution < 1.29 is 50.7 Å². The SMILES string of the molecule is CNc1ncccc1-c1nc(-c2c(C)ncc3c2CCNC3)no1.O=C(O)C(F)(F)F.O=C(O)C(F)(F)F. The van der Waals surface area contributed by atoms with E-state index in [4.69, 9.17) is 24.3 Å². The summed E-state index contributed by atoms with van der Waals surface area (Å²) in [6, 6.07) is 3.76. The van der Waals surface area contributed by atoms with Crippen LogP contribution in [0, 0.1) is 6.92 Å². The van der Waals surface area contributed by atoms with Crippen molar-refractivity contribution in [3.05, 3.63) is 41.3 Å². The molecule has 0 saturated heterocycles. The summed E-state index contributed by atoms with van der Waals surface area (Å²) in [5.74, 6) is -3.77. The van der Waals surface area contributed by atoms with Crippen molar-refractivity contribution in [3.63, 3.8) is 0 Å². The number of rotatable bonds is 3. The summed E-state index contributed by atoms with van der Waals surface area (Å²) >= 11 is 0. The van der Waals surface area contributed by atoms with E-state index in [0.29, 0.717) is 17.5 Å². The van der Waals surface area contributed by atoms with Gasteiger partial charge >= 0.3 is 24.3 Å². The number of pyridine rings is 2. The van der Waals surface area contributed by atoms with E-state index >= 15 is 0 Å². The number of hydrogen-bond donors (Lipinski definition) is 4. The Morgan fingerprint density at radius 2 is 1.68 bits per heavy atom. The molecule has 3 aromatic heterocycles. The van der Waals surface area contributed by atoms with Crippen molar-refractivity contribution in [3.8, 4) is 22.8 Å². The van der Waals surface area contributed by atoms with Crippen LogP contribution in [0.5, 0.6) is 0 Å². The molecule has 0 aliphatic carbocycles. The summed E-state index contributed by atoms with van der Waals surface area (Å²) in [4.78, 5) is 31.2. The van der Waals surface area contributed by atoms with Gasteiger partial charge in [0.1, 0.15) is 5.82 Å². The van der Waals surface area contributed by atoms with E-state index in [0.717, 1.165) is 36.3 Å². The second-order valence-electron chi connectivity index (χ2n) is 7.33. The number of carbonyl (C=O) groups is 2. The number of nitrogens with zero attached hydrogens (tertiary/aromatic N) is 4. The predicted molar refractivity (Wildman–Crippen MR) is 118 cm³/mol. The molecule has 0 radical (unpaired) electrons. The van der Waals surface area contributed by atoms with Crippen molar-refractivity contribution in [2.45, 2.75) is 32.2 Å². The molecule has 0 spiro atoms. The van der Waals surface area contributed by atoms with Gasteiger partial charge in [-0.15, -0.1) is 0 Å². The van der Waals surface area contributed by atoms with Crippen LogP contribution in [0.15, 0.2) is 29.0 Å². The van der Waals surface area contributed by atoms with Crippen molar-refractivity contribution in [2.75, 3.05) is 18.9 Å². The predicted octanol–water partition coefficient (Wildman–Crippen LogP) is 3.46. The number of nitrogens with one attached hydrogen (secondary N) is 2. The Labute approximate surface area is 209 Å². The molecule has 4 N–H and O–H groups in total. The maximum Gasteiger partial charge on any atom is 0.490 e. The lowest BCUT2D eigenvalue weighted by molar-refractivity contribution is -0.193. The van der Waals surface area contributed by atoms with Gasteiger partial charge in [0.15, 0.2) is 0 Å². The van der Waals surface area contributed by atoms with E-state index in [9.17, 15) is 26.3 Å². The van der Waals surface area contributed by atoms with Crippen LogP contribution in [0.4, 0.5) is 32.2 Å². The summed E-state index contributed by atoms with van der Waals surface area (Å²) < 4.78 is 69.0. The van der Waals surface area contributed by atoms with Crippen molar-refractivity contribution in [2.24, 2.45) is 0 Å². The quantitative estimate of drug-likeness (QED) is 0.353. The zero-order valence-electron chi connectivity index (χ0n) is 19.6. The minimum absolute atomic E-state index is 0.452. The number of anilines is 1. The van der Waals surface area contributed by atoms with Crippen LogP contribution in [-0.2, 0) is 22.6 Å². The number of aryl methyl sites for hydroxylation is 1. The van der Waals surface area contributed by atoms with Crippen LogP contribution in [0.1, 0.15) is 16.8 Å². The fourth-order valence-electron chi connectivity index (χ4n) is 3.08. The Morgan fingerprint density at radius 1 is 1.08 bits per heavy atom. The highest BCUT2D eigenvalue weighted by Gasteiger charge is 2.38. The van der Waals surface area contributed by atoms with Crippen LogP contribution in [0.3, 0.4) is 0 Å². The summed E-state index contributed by atoms with van der Waals surface area (Å²) in [6.45, 7) is 3.75. The van der Waals surface area contributed by atoms with E-state index in [1.54, 1.807) is 6.20 Å². The van der Waals surface area contributed by atoms with Gasteiger partial charge in [-0.25, -0.2) is 14.6 Å².